The second-order valence-corrected chi connectivity index (χ2v) is 7.67. The van der Waals surface area contributed by atoms with Crippen LogP contribution in [-0.4, -0.2) is 78.3 Å². The van der Waals surface area contributed by atoms with Crippen molar-refractivity contribution in [3.63, 3.8) is 0 Å². The third-order valence-electron chi connectivity index (χ3n) is 5.52. The molecule has 30 heavy (non-hydrogen) atoms. The summed E-state index contributed by atoms with van der Waals surface area (Å²) in [6.07, 6.45) is 4.13. The zero-order valence-corrected chi connectivity index (χ0v) is 17.2. The molecule has 2 aliphatic rings. The second-order valence-electron chi connectivity index (χ2n) is 7.67. The van der Waals surface area contributed by atoms with Gasteiger partial charge in [-0.15, -0.1) is 0 Å². The molecule has 1 aromatic carbocycles. The van der Waals surface area contributed by atoms with Gasteiger partial charge in [-0.3, -0.25) is 14.7 Å². The number of ether oxygens (including phenoxy) is 1. The first-order valence-electron chi connectivity index (χ1n) is 10.4. The Morgan fingerprint density at radius 2 is 2.03 bits per heavy atom. The predicted octanol–water partition coefficient (Wildman–Crippen LogP) is 2.19. The molecule has 0 spiro atoms. The first-order chi connectivity index (χ1) is 14.7. The lowest BCUT2D eigenvalue weighted by Gasteiger charge is -2.36. The molecule has 2 fully saturated rings. The van der Waals surface area contributed by atoms with Gasteiger partial charge in [0, 0.05) is 50.9 Å². The van der Waals surface area contributed by atoms with Crippen molar-refractivity contribution in [3.8, 4) is 0 Å². The van der Waals surface area contributed by atoms with E-state index in [1.807, 2.05) is 29.3 Å². The second kappa shape index (κ2) is 11.5. The van der Waals surface area contributed by atoms with Crippen LogP contribution in [0.4, 0.5) is 4.79 Å². The molecule has 1 aromatic heterocycles. The van der Waals surface area contributed by atoms with Crippen LogP contribution in [0.5, 0.6) is 0 Å². The van der Waals surface area contributed by atoms with Crippen LogP contribution in [0.25, 0.3) is 10.9 Å². The van der Waals surface area contributed by atoms with E-state index < -0.39 is 0 Å². The lowest BCUT2D eigenvalue weighted by molar-refractivity contribution is -0.122. The average Bonchev–Trinajstić information content (AvgIpc) is 2.79. The summed E-state index contributed by atoms with van der Waals surface area (Å²) in [4.78, 5) is 29.9. The molecule has 2 aliphatic heterocycles. The van der Waals surface area contributed by atoms with E-state index in [0.717, 1.165) is 68.8 Å². The molecule has 3 heterocycles. The number of morpholine rings is 1. The van der Waals surface area contributed by atoms with Gasteiger partial charge < -0.3 is 20.1 Å². The zero-order valence-electron chi connectivity index (χ0n) is 17.2. The highest BCUT2D eigenvalue weighted by Gasteiger charge is 2.25. The summed E-state index contributed by atoms with van der Waals surface area (Å²) in [6, 6.07) is 10.2. The average molecular weight is 415 g/mol. The molecule has 1 unspecified atom stereocenters. The maximum atomic E-state index is 12.6. The Hall–Kier alpha value is -2.71. The number of hydrogen-bond acceptors (Lipinski definition) is 5. The number of nitrogens with one attached hydrogen (secondary N) is 1. The van der Waals surface area contributed by atoms with Crippen molar-refractivity contribution >= 4 is 23.4 Å². The lowest BCUT2D eigenvalue weighted by atomic mass is 9.97. The minimum Gasteiger partial charge on any atom is -0.483 e. The van der Waals surface area contributed by atoms with E-state index in [1.54, 1.807) is 0 Å². The van der Waals surface area contributed by atoms with Gasteiger partial charge in [0.05, 0.1) is 18.7 Å². The van der Waals surface area contributed by atoms with E-state index in [-0.39, 0.29) is 12.5 Å². The number of urea groups is 1. The summed E-state index contributed by atoms with van der Waals surface area (Å²) >= 11 is 0. The van der Waals surface area contributed by atoms with Crippen molar-refractivity contribution < 1.29 is 19.4 Å². The van der Waals surface area contributed by atoms with E-state index >= 15 is 0 Å². The number of likely N-dealkylation sites (tertiary alicyclic amines) is 1. The van der Waals surface area contributed by atoms with Crippen LogP contribution in [0.3, 0.4) is 0 Å². The standard InChI is InChI=1S/C21H28N4O2.CH2O2/c26-21(23-14-18-12-19-5-1-2-6-20(19)22-13-18)25-7-3-4-17(16-25)15-24-8-10-27-11-9-24;2-1-3/h1-2,5-6,12-13,17H,3-4,7-11,14-16H2,(H,23,26);1H,(H,2,3). The zero-order chi connectivity index (χ0) is 21.2. The smallest absolute Gasteiger partial charge is 0.317 e. The highest BCUT2D eigenvalue weighted by atomic mass is 16.5. The summed E-state index contributed by atoms with van der Waals surface area (Å²) in [5.74, 6) is 0.560. The van der Waals surface area contributed by atoms with E-state index in [0.29, 0.717) is 12.5 Å². The molecule has 4 rings (SSSR count). The van der Waals surface area contributed by atoms with Crippen molar-refractivity contribution in [3.05, 3.63) is 42.1 Å². The fourth-order valence-electron chi connectivity index (χ4n) is 4.05. The summed E-state index contributed by atoms with van der Waals surface area (Å²) in [7, 11) is 0. The number of benzene rings is 1. The van der Waals surface area contributed by atoms with E-state index in [9.17, 15) is 4.79 Å². The number of fused-ring (bicyclic) bond motifs is 1. The molecule has 0 radical (unpaired) electrons. The third-order valence-corrected chi connectivity index (χ3v) is 5.52. The van der Waals surface area contributed by atoms with Crippen LogP contribution in [0, 0.1) is 5.92 Å². The van der Waals surface area contributed by atoms with Crippen LogP contribution in [0.15, 0.2) is 36.5 Å². The highest BCUT2D eigenvalue weighted by Crippen LogP contribution is 2.19. The van der Waals surface area contributed by atoms with Gasteiger partial charge in [-0.2, -0.15) is 0 Å². The highest BCUT2D eigenvalue weighted by molar-refractivity contribution is 5.79. The lowest BCUT2D eigenvalue weighted by Crippen LogP contribution is -2.48. The fraction of sp³-hybridized carbons (Fsp3) is 0.500. The molecule has 162 valence electrons. The van der Waals surface area contributed by atoms with Gasteiger partial charge in [0.25, 0.3) is 6.47 Å². The van der Waals surface area contributed by atoms with Crippen LogP contribution in [0.2, 0.25) is 0 Å². The number of carboxylic acid groups (broad SMARTS) is 1. The number of hydrogen-bond donors (Lipinski definition) is 2. The number of amides is 2. The molecule has 8 nitrogen and oxygen atoms in total. The third kappa shape index (κ3) is 6.40. The fourth-order valence-corrected chi connectivity index (χ4v) is 4.05. The number of carbonyl (C=O) groups is 2. The number of nitrogens with zero attached hydrogens (tertiary/aromatic N) is 3. The number of aromatic nitrogens is 1. The molecular formula is C22H30N4O4. The van der Waals surface area contributed by atoms with Gasteiger partial charge in [-0.25, -0.2) is 4.79 Å². The maximum absolute atomic E-state index is 12.6. The van der Waals surface area contributed by atoms with E-state index in [4.69, 9.17) is 14.6 Å². The number of pyridine rings is 1. The van der Waals surface area contributed by atoms with Crippen molar-refractivity contribution in [2.24, 2.45) is 5.92 Å². The van der Waals surface area contributed by atoms with Crippen molar-refractivity contribution in [2.45, 2.75) is 19.4 Å². The number of para-hydroxylation sites is 1. The van der Waals surface area contributed by atoms with Crippen LogP contribution in [-0.2, 0) is 16.1 Å². The molecule has 0 bridgehead atoms. The molecular weight excluding hydrogens is 384 g/mol. The Bertz CT molecular complexity index is 826. The Morgan fingerprint density at radius 3 is 2.83 bits per heavy atom. The summed E-state index contributed by atoms with van der Waals surface area (Å²) in [5, 5.41) is 11.1. The first-order valence-corrected chi connectivity index (χ1v) is 10.4. The van der Waals surface area contributed by atoms with Crippen LogP contribution < -0.4 is 5.32 Å². The van der Waals surface area contributed by atoms with Crippen LogP contribution in [0.1, 0.15) is 18.4 Å². The van der Waals surface area contributed by atoms with Gasteiger partial charge in [0.15, 0.2) is 0 Å². The number of rotatable bonds is 4. The Labute approximate surface area is 176 Å². The quantitative estimate of drug-likeness (QED) is 0.745. The van der Waals surface area contributed by atoms with E-state index in [1.165, 1.54) is 6.42 Å². The Kier molecular flexibility index (Phi) is 8.41. The molecule has 2 saturated heterocycles. The van der Waals surface area contributed by atoms with Gasteiger partial charge in [-0.1, -0.05) is 18.2 Å². The van der Waals surface area contributed by atoms with Gasteiger partial charge >= 0.3 is 6.03 Å². The van der Waals surface area contributed by atoms with Crippen molar-refractivity contribution in [2.75, 3.05) is 45.9 Å². The monoisotopic (exact) mass is 414 g/mol. The molecule has 2 amide bonds. The Balaban J connectivity index is 0.000000806. The van der Waals surface area contributed by atoms with Crippen molar-refractivity contribution in [1.82, 2.24) is 20.1 Å². The van der Waals surface area contributed by atoms with E-state index in [2.05, 4.69) is 27.3 Å². The molecule has 0 aliphatic carbocycles. The SMILES string of the molecule is O=C(NCc1cnc2ccccc2c1)N1CCCC(CN2CCOCC2)C1.O=CO. The van der Waals surface area contributed by atoms with Crippen molar-refractivity contribution in [1.29, 1.82) is 0 Å². The van der Waals surface area contributed by atoms with Gasteiger partial charge in [-0.05, 0) is 36.5 Å². The predicted molar refractivity (Wildman–Crippen MR) is 114 cm³/mol. The van der Waals surface area contributed by atoms with Gasteiger partial charge in [0.1, 0.15) is 0 Å². The van der Waals surface area contributed by atoms with Gasteiger partial charge in [0.2, 0.25) is 0 Å². The largest absolute Gasteiger partial charge is 0.483 e. The normalized spacial score (nSPS) is 19.6. The molecule has 8 heteroatoms. The molecule has 1 atom stereocenters. The summed E-state index contributed by atoms with van der Waals surface area (Å²) in [6.45, 7) is 6.71. The minimum atomic E-state index is -0.250. The molecule has 2 aromatic rings. The maximum Gasteiger partial charge on any atom is 0.317 e. The minimum absolute atomic E-state index is 0.0369. The topological polar surface area (TPSA) is 95.0 Å². The number of carbonyl (C=O) groups excluding carboxylic acids is 1. The first kappa shape index (κ1) is 22.0. The molecule has 0 saturated carbocycles. The summed E-state index contributed by atoms with van der Waals surface area (Å²) < 4.78 is 5.43. The number of piperidine rings is 1. The Morgan fingerprint density at radius 1 is 1.27 bits per heavy atom. The van der Waals surface area contributed by atoms with Crippen LogP contribution >= 0.6 is 0 Å². The summed E-state index contributed by atoms with van der Waals surface area (Å²) in [5.41, 5.74) is 2.01. The molecule has 2 N–H and O–H groups in total.